The predicted octanol–water partition coefficient (Wildman–Crippen LogP) is 5.04. The smallest absolute Gasteiger partial charge is 0.270 e. The second kappa shape index (κ2) is 8.44. The second-order valence-corrected chi connectivity index (χ2v) is 5.59. The zero-order chi connectivity index (χ0) is 19.1. The number of nitro groups is 1. The zero-order valence-electron chi connectivity index (χ0n) is 14.2. The fourth-order valence-electron chi connectivity index (χ4n) is 2.36. The Hall–Kier alpha value is -3.93. The lowest BCUT2D eigenvalue weighted by Gasteiger charge is -2.11. The molecular weight excluding hydrogens is 344 g/mol. The molecule has 3 rings (SSSR count). The Balaban J connectivity index is 1.71. The summed E-state index contributed by atoms with van der Waals surface area (Å²) in [5.74, 6) is 0.803. The van der Waals surface area contributed by atoms with Gasteiger partial charge in [0.15, 0.2) is 5.75 Å². The molecule has 0 spiro atoms. The molecule has 0 aromatic heterocycles. The number of para-hydroxylation sites is 3. The second-order valence-electron chi connectivity index (χ2n) is 5.59. The van der Waals surface area contributed by atoms with E-state index in [1.807, 2.05) is 36.4 Å². The van der Waals surface area contributed by atoms with Crippen molar-refractivity contribution in [3.63, 3.8) is 0 Å². The molecule has 0 aliphatic heterocycles. The van der Waals surface area contributed by atoms with Crippen molar-refractivity contribution in [2.75, 3.05) is 5.32 Å². The third kappa shape index (κ3) is 5.02. The molecule has 0 heterocycles. The lowest BCUT2D eigenvalue weighted by Crippen LogP contribution is -2.08. The van der Waals surface area contributed by atoms with Gasteiger partial charge in [-0.3, -0.25) is 14.9 Å². The summed E-state index contributed by atoms with van der Waals surface area (Å²) < 4.78 is 5.80. The van der Waals surface area contributed by atoms with E-state index >= 15 is 0 Å². The van der Waals surface area contributed by atoms with Gasteiger partial charge < -0.3 is 10.1 Å². The van der Waals surface area contributed by atoms with Gasteiger partial charge in [0.05, 0.1) is 10.6 Å². The number of nitro benzene ring substituents is 1. The maximum Gasteiger partial charge on any atom is 0.270 e. The van der Waals surface area contributed by atoms with Crippen LogP contribution in [-0.2, 0) is 4.79 Å². The predicted molar refractivity (Wildman–Crippen MR) is 104 cm³/mol. The number of hydrogen-bond acceptors (Lipinski definition) is 4. The van der Waals surface area contributed by atoms with E-state index in [2.05, 4.69) is 5.32 Å². The SMILES string of the molecule is O=C(/C=C/c1cccc([N+](=O)[O-])c1)Nc1ccccc1Oc1ccccc1. The molecule has 0 fully saturated rings. The number of rotatable bonds is 6. The Morgan fingerprint density at radius 1 is 0.963 bits per heavy atom. The number of carbonyl (C=O) groups is 1. The molecule has 3 aromatic rings. The average molecular weight is 360 g/mol. The molecule has 27 heavy (non-hydrogen) atoms. The largest absolute Gasteiger partial charge is 0.455 e. The number of hydrogen-bond donors (Lipinski definition) is 1. The Kier molecular flexibility index (Phi) is 5.59. The van der Waals surface area contributed by atoms with Gasteiger partial charge in [0.25, 0.3) is 5.69 Å². The molecule has 6 heteroatoms. The normalized spacial score (nSPS) is 10.5. The van der Waals surface area contributed by atoms with Gasteiger partial charge in [0.2, 0.25) is 5.91 Å². The van der Waals surface area contributed by atoms with Crippen LogP contribution in [0, 0.1) is 10.1 Å². The van der Waals surface area contributed by atoms with Gasteiger partial charge in [-0.05, 0) is 35.9 Å². The summed E-state index contributed by atoms with van der Waals surface area (Å²) in [7, 11) is 0. The van der Waals surface area contributed by atoms with Crippen molar-refractivity contribution in [2.45, 2.75) is 0 Å². The topological polar surface area (TPSA) is 81.5 Å². The molecule has 0 unspecified atom stereocenters. The van der Waals surface area contributed by atoms with Crippen LogP contribution in [0.15, 0.2) is 84.9 Å². The standard InChI is InChI=1S/C21H16N2O4/c24-21(14-13-16-7-6-8-17(15-16)23(25)26)22-19-11-4-5-12-20(19)27-18-9-2-1-3-10-18/h1-15H,(H,22,24)/b14-13+. The molecule has 0 saturated carbocycles. The van der Waals surface area contributed by atoms with Crippen LogP contribution in [0.3, 0.4) is 0 Å². The molecule has 0 bridgehead atoms. The maximum atomic E-state index is 12.2. The van der Waals surface area contributed by atoms with E-state index in [1.54, 1.807) is 30.3 Å². The highest BCUT2D eigenvalue weighted by atomic mass is 16.6. The fourth-order valence-corrected chi connectivity index (χ4v) is 2.36. The van der Waals surface area contributed by atoms with E-state index < -0.39 is 4.92 Å². The highest BCUT2D eigenvalue weighted by molar-refractivity contribution is 6.02. The molecule has 3 aromatic carbocycles. The molecule has 0 saturated heterocycles. The van der Waals surface area contributed by atoms with E-state index in [0.717, 1.165) is 0 Å². The average Bonchev–Trinajstić information content (AvgIpc) is 2.69. The minimum Gasteiger partial charge on any atom is -0.455 e. The summed E-state index contributed by atoms with van der Waals surface area (Å²) in [4.78, 5) is 22.6. The number of anilines is 1. The molecule has 1 amide bonds. The van der Waals surface area contributed by atoms with Gasteiger partial charge >= 0.3 is 0 Å². The summed E-state index contributed by atoms with van der Waals surface area (Å²) in [6.45, 7) is 0. The zero-order valence-corrected chi connectivity index (χ0v) is 14.2. The molecule has 6 nitrogen and oxygen atoms in total. The molecule has 1 N–H and O–H groups in total. The van der Waals surface area contributed by atoms with Gasteiger partial charge in [-0.1, -0.05) is 42.5 Å². The van der Waals surface area contributed by atoms with Crippen LogP contribution in [0.1, 0.15) is 5.56 Å². The fraction of sp³-hybridized carbons (Fsp3) is 0. The summed E-state index contributed by atoms with van der Waals surface area (Å²) in [6, 6.07) is 22.4. The van der Waals surface area contributed by atoms with Crippen LogP contribution in [0.25, 0.3) is 6.08 Å². The van der Waals surface area contributed by atoms with Crippen molar-refractivity contribution in [3.05, 3.63) is 101 Å². The molecule has 0 radical (unpaired) electrons. The first-order chi connectivity index (χ1) is 13.1. The van der Waals surface area contributed by atoms with Crippen molar-refractivity contribution < 1.29 is 14.5 Å². The third-order valence-corrected chi connectivity index (χ3v) is 3.62. The van der Waals surface area contributed by atoms with Gasteiger partial charge in [-0.25, -0.2) is 0 Å². The van der Waals surface area contributed by atoms with Crippen LogP contribution < -0.4 is 10.1 Å². The number of amides is 1. The van der Waals surface area contributed by atoms with Crippen LogP contribution in [0.4, 0.5) is 11.4 Å². The van der Waals surface area contributed by atoms with Crippen molar-refractivity contribution in [2.24, 2.45) is 0 Å². The number of ether oxygens (including phenoxy) is 1. The first-order valence-electron chi connectivity index (χ1n) is 8.17. The van der Waals surface area contributed by atoms with E-state index in [4.69, 9.17) is 4.74 Å². The quantitative estimate of drug-likeness (QED) is 0.379. The number of non-ortho nitro benzene ring substituents is 1. The third-order valence-electron chi connectivity index (χ3n) is 3.62. The van der Waals surface area contributed by atoms with Gasteiger partial charge in [0, 0.05) is 18.2 Å². The maximum absolute atomic E-state index is 12.2. The van der Waals surface area contributed by atoms with E-state index in [-0.39, 0.29) is 11.6 Å². The van der Waals surface area contributed by atoms with Crippen molar-refractivity contribution >= 4 is 23.4 Å². The Morgan fingerprint density at radius 2 is 1.70 bits per heavy atom. The number of benzene rings is 3. The molecule has 134 valence electrons. The molecular formula is C21H16N2O4. The first-order valence-corrected chi connectivity index (χ1v) is 8.17. The first kappa shape index (κ1) is 17.9. The lowest BCUT2D eigenvalue weighted by atomic mass is 10.2. The number of nitrogens with zero attached hydrogens (tertiary/aromatic N) is 1. The van der Waals surface area contributed by atoms with Crippen molar-refractivity contribution in [1.82, 2.24) is 0 Å². The van der Waals surface area contributed by atoms with Crippen LogP contribution >= 0.6 is 0 Å². The van der Waals surface area contributed by atoms with Gasteiger partial charge in [-0.2, -0.15) is 0 Å². The molecule has 0 atom stereocenters. The summed E-state index contributed by atoms with van der Waals surface area (Å²) in [6.07, 6.45) is 2.83. The highest BCUT2D eigenvalue weighted by Gasteiger charge is 2.07. The van der Waals surface area contributed by atoms with Crippen LogP contribution in [-0.4, -0.2) is 10.8 Å². The van der Waals surface area contributed by atoms with E-state index in [1.165, 1.54) is 24.3 Å². The number of carbonyl (C=O) groups excluding carboxylic acids is 1. The van der Waals surface area contributed by atoms with E-state index in [0.29, 0.717) is 22.7 Å². The molecule has 0 aliphatic carbocycles. The Labute approximate surface area is 155 Å². The van der Waals surface area contributed by atoms with Gasteiger partial charge in [-0.15, -0.1) is 0 Å². The minimum absolute atomic E-state index is 0.0286. The number of nitrogens with one attached hydrogen (secondary N) is 1. The Bertz CT molecular complexity index is 984. The Morgan fingerprint density at radius 3 is 2.48 bits per heavy atom. The summed E-state index contributed by atoms with van der Waals surface area (Å²) >= 11 is 0. The highest BCUT2D eigenvalue weighted by Crippen LogP contribution is 2.29. The minimum atomic E-state index is -0.478. The van der Waals surface area contributed by atoms with Crippen molar-refractivity contribution in [1.29, 1.82) is 0 Å². The van der Waals surface area contributed by atoms with E-state index in [9.17, 15) is 14.9 Å². The van der Waals surface area contributed by atoms with Crippen LogP contribution in [0.5, 0.6) is 11.5 Å². The lowest BCUT2D eigenvalue weighted by molar-refractivity contribution is -0.384. The summed E-state index contributed by atoms with van der Waals surface area (Å²) in [5.41, 5.74) is 1.06. The van der Waals surface area contributed by atoms with Gasteiger partial charge in [0.1, 0.15) is 5.75 Å². The summed E-state index contributed by atoms with van der Waals surface area (Å²) in [5, 5.41) is 13.6. The molecule has 0 aliphatic rings. The van der Waals surface area contributed by atoms with Crippen LogP contribution in [0.2, 0.25) is 0 Å². The monoisotopic (exact) mass is 360 g/mol. The van der Waals surface area contributed by atoms with Crippen molar-refractivity contribution in [3.8, 4) is 11.5 Å².